The summed E-state index contributed by atoms with van der Waals surface area (Å²) in [6, 6.07) is 0. The van der Waals surface area contributed by atoms with Gasteiger partial charge in [-0.05, 0) is 68.1 Å². The van der Waals surface area contributed by atoms with Crippen LogP contribution >= 0.6 is 0 Å². The number of rotatable bonds is 0. The molecule has 0 aromatic rings. The molecule has 17 heavy (non-hydrogen) atoms. The molecule has 3 aliphatic carbocycles. The second-order valence-corrected chi connectivity index (χ2v) is 6.79. The van der Waals surface area contributed by atoms with E-state index in [-0.39, 0.29) is 6.10 Å². The molecule has 3 rings (SSSR count). The van der Waals surface area contributed by atoms with Crippen molar-refractivity contribution in [1.29, 1.82) is 0 Å². The van der Waals surface area contributed by atoms with E-state index in [9.17, 15) is 5.11 Å². The molecule has 3 aliphatic rings. The van der Waals surface area contributed by atoms with E-state index >= 15 is 0 Å². The number of aliphatic hydroxyl groups is 1. The molecule has 2 fully saturated rings. The fourth-order valence-corrected chi connectivity index (χ4v) is 4.63. The second-order valence-electron chi connectivity index (χ2n) is 6.79. The summed E-state index contributed by atoms with van der Waals surface area (Å²) in [5.74, 6) is 3.55. The first-order valence-electron chi connectivity index (χ1n) is 7.55. The van der Waals surface area contributed by atoms with E-state index in [1.807, 2.05) is 0 Å². The number of hydrogen-bond acceptors (Lipinski definition) is 1. The number of hydrogen-bond donors (Lipinski definition) is 1. The Balaban J connectivity index is 1.93. The Morgan fingerprint density at radius 2 is 2.00 bits per heavy atom. The van der Waals surface area contributed by atoms with E-state index < -0.39 is 0 Å². The molecule has 96 valence electrons. The van der Waals surface area contributed by atoms with Gasteiger partial charge in [0.05, 0.1) is 6.10 Å². The third-order valence-corrected chi connectivity index (χ3v) is 5.86. The summed E-state index contributed by atoms with van der Waals surface area (Å²) in [5, 5.41) is 10.4. The second kappa shape index (κ2) is 4.42. The molecule has 0 aromatic carbocycles. The quantitative estimate of drug-likeness (QED) is 0.632. The average Bonchev–Trinajstić information content (AvgIpc) is 2.86. The van der Waals surface area contributed by atoms with Crippen LogP contribution in [-0.2, 0) is 0 Å². The largest absolute Gasteiger partial charge is 0.393 e. The standard InChI is InChI=1S/C16H26O/c1-10-6-7-14-11(2)16(17)9-13-5-3-4-12(13)8-15(10)14/h8,10-11,13-17H,3-7,9H2,1-2H3/b12-8-/t10-,11+,13-,14+,15+,16-/m1/s1. The molecule has 1 heteroatoms. The van der Waals surface area contributed by atoms with Crippen molar-refractivity contribution in [2.75, 3.05) is 0 Å². The fourth-order valence-electron chi connectivity index (χ4n) is 4.63. The van der Waals surface area contributed by atoms with Crippen LogP contribution in [0.1, 0.15) is 52.4 Å². The highest BCUT2D eigenvalue weighted by Gasteiger charge is 2.41. The van der Waals surface area contributed by atoms with E-state index in [0.29, 0.717) is 11.8 Å². The summed E-state index contributed by atoms with van der Waals surface area (Å²) in [7, 11) is 0. The molecule has 0 aliphatic heterocycles. The Hall–Kier alpha value is -0.300. The predicted octanol–water partition coefficient (Wildman–Crippen LogP) is 3.78. The minimum Gasteiger partial charge on any atom is -0.393 e. The van der Waals surface area contributed by atoms with Crippen LogP contribution in [0.4, 0.5) is 0 Å². The molecule has 0 aromatic heterocycles. The van der Waals surface area contributed by atoms with Crippen LogP contribution in [0, 0.1) is 29.6 Å². The van der Waals surface area contributed by atoms with Crippen molar-refractivity contribution in [3.63, 3.8) is 0 Å². The first-order chi connectivity index (χ1) is 8.16. The topological polar surface area (TPSA) is 20.2 Å². The summed E-state index contributed by atoms with van der Waals surface area (Å²) < 4.78 is 0. The smallest absolute Gasteiger partial charge is 0.0574 e. The maximum absolute atomic E-state index is 10.4. The van der Waals surface area contributed by atoms with E-state index in [0.717, 1.165) is 24.2 Å². The summed E-state index contributed by atoms with van der Waals surface area (Å²) >= 11 is 0. The molecule has 0 bridgehead atoms. The van der Waals surface area contributed by atoms with E-state index in [4.69, 9.17) is 0 Å². The molecular formula is C16H26O. The van der Waals surface area contributed by atoms with Crippen molar-refractivity contribution >= 4 is 0 Å². The Morgan fingerprint density at radius 3 is 2.82 bits per heavy atom. The van der Waals surface area contributed by atoms with E-state index in [2.05, 4.69) is 19.9 Å². The van der Waals surface area contributed by atoms with Gasteiger partial charge in [0.1, 0.15) is 0 Å². The minimum atomic E-state index is -0.0559. The van der Waals surface area contributed by atoms with Gasteiger partial charge < -0.3 is 5.11 Å². The third-order valence-electron chi connectivity index (χ3n) is 5.86. The van der Waals surface area contributed by atoms with Crippen LogP contribution in [0.2, 0.25) is 0 Å². The first-order valence-corrected chi connectivity index (χ1v) is 7.55. The van der Waals surface area contributed by atoms with Gasteiger partial charge in [-0.3, -0.25) is 0 Å². The molecule has 0 amide bonds. The molecule has 6 atom stereocenters. The molecule has 0 spiro atoms. The lowest BCUT2D eigenvalue weighted by atomic mass is 9.73. The maximum Gasteiger partial charge on any atom is 0.0574 e. The molecule has 0 unspecified atom stereocenters. The van der Waals surface area contributed by atoms with E-state index in [1.54, 1.807) is 5.57 Å². The van der Waals surface area contributed by atoms with Crippen molar-refractivity contribution in [3.8, 4) is 0 Å². The van der Waals surface area contributed by atoms with Gasteiger partial charge in [-0.15, -0.1) is 0 Å². The highest BCUT2D eigenvalue weighted by Crippen LogP contribution is 2.48. The zero-order valence-electron chi connectivity index (χ0n) is 11.2. The van der Waals surface area contributed by atoms with Crippen LogP contribution in [0.3, 0.4) is 0 Å². The van der Waals surface area contributed by atoms with Crippen LogP contribution in [-0.4, -0.2) is 11.2 Å². The summed E-state index contributed by atoms with van der Waals surface area (Å²) in [4.78, 5) is 0. The average molecular weight is 234 g/mol. The highest BCUT2D eigenvalue weighted by molar-refractivity contribution is 5.17. The summed E-state index contributed by atoms with van der Waals surface area (Å²) in [6.45, 7) is 4.69. The molecular weight excluding hydrogens is 208 g/mol. The highest BCUT2D eigenvalue weighted by atomic mass is 16.3. The van der Waals surface area contributed by atoms with Crippen molar-refractivity contribution in [2.45, 2.75) is 58.5 Å². The molecule has 2 saturated carbocycles. The third kappa shape index (κ3) is 1.97. The van der Waals surface area contributed by atoms with Crippen LogP contribution in [0.5, 0.6) is 0 Å². The zero-order chi connectivity index (χ0) is 12.0. The summed E-state index contributed by atoms with van der Waals surface area (Å²) in [5.41, 5.74) is 1.69. The first kappa shape index (κ1) is 11.8. The van der Waals surface area contributed by atoms with Gasteiger partial charge in [0.25, 0.3) is 0 Å². The zero-order valence-corrected chi connectivity index (χ0v) is 11.2. The van der Waals surface area contributed by atoms with Crippen molar-refractivity contribution in [3.05, 3.63) is 11.6 Å². The van der Waals surface area contributed by atoms with Crippen molar-refractivity contribution < 1.29 is 5.11 Å². The monoisotopic (exact) mass is 234 g/mol. The molecule has 1 nitrogen and oxygen atoms in total. The fraction of sp³-hybridized carbons (Fsp3) is 0.875. The van der Waals surface area contributed by atoms with Crippen molar-refractivity contribution in [1.82, 2.24) is 0 Å². The lowest BCUT2D eigenvalue weighted by Gasteiger charge is -2.34. The maximum atomic E-state index is 10.4. The van der Waals surface area contributed by atoms with Crippen LogP contribution in [0.15, 0.2) is 11.6 Å². The molecule has 1 N–H and O–H groups in total. The lowest BCUT2D eigenvalue weighted by Crippen LogP contribution is -2.32. The van der Waals surface area contributed by atoms with Crippen molar-refractivity contribution in [2.24, 2.45) is 29.6 Å². The normalized spacial score (nSPS) is 53.2. The van der Waals surface area contributed by atoms with Crippen LogP contribution in [0.25, 0.3) is 0 Å². The van der Waals surface area contributed by atoms with Crippen LogP contribution < -0.4 is 0 Å². The Bertz CT molecular complexity index is 319. The van der Waals surface area contributed by atoms with Gasteiger partial charge in [0.2, 0.25) is 0 Å². The van der Waals surface area contributed by atoms with Gasteiger partial charge in [-0.2, -0.15) is 0 Å². The number of aliphatic hydroxyl groups excluding tert-OH is 1. The summed E-state index contributed by atoms with van der Waals surface area (Å²) in [6.07, 6.45) is 10.3. The van der Waals surface area contributed by atoms with Gasteiger partial charge in [-0.25, -0.2) is 0 Å². The molecule has 0 saturated heterocycles. The Labute approximate surface area is 105 Å². The minimum absolute atomic E-state index is 0.0559. The lowest BCUT2D eigenvalue weighted by molar-refractivity contribution is 0.0524. The molecule has 0 heterocycles. The number of fused-ring (bicyclic) bond motifs is 2. The van der Waals surface area contributed by atoms with Gasteiger partial charge >= 0.3 is 0 Å². The predicted molar refractivity (Wildman–Crippen MR) is 70.6 cm³/mol. The van der Waals surface area contributed by atoms with Gasteiger partial charge in [0.15, 0.2) is 0 Å². The molecule has 0 radical (unpaired) electrons. The van der Waals surface area contributed by atoms with E-state index in [1.165, 1.54) is 32.1 Å². The number of allylic oxidation sites excluding steroid dienone is 2. The van der Waals surface area contributed by atoms with Gasteiger partial charge in [0, 0.05) is 0 Å². The Kier molecular flexibility index (Phi) is 3.06. The SMILES string of the molecule is C[C@H]1[C@@H]2CC[C@@H](C)[C@@H]2/C=C2/CCC[C@@H]2C[C@H]1O. The van der Waals surface area contributed by atoms with Gasteiger partial charge in [-0.1, -0.05) is 25.5 Å². The Morgan fingerprint density at radius 1 is 1.18 bits per heavy atom.